The molecule has 2 saturated carbocycles. The van der Waals surface area contributed by atoms with Gasteiger partial charge in [0.25, 0.3) is 0 Å². The van der Waals surface area contributed by atoms with Gasteiger partial charge in [-0.2, -0.15) is 0 Å². The highest BCUT2D eigenvalue weighted by atomic mass is 16.5. The van der Waals surface area contributed by atoms with Crippen molar-refractivity contribution in [3.63, 3.8) is 0 Å². The van der Waals surface area contributed by atoms with Crippen LogP contribution in [0, 0.1) is 11.8 Å². The molecule has 3 heteroatoms. The summed E-state index contributed by atoms with van der Waals surface area (Å²) in [5, 5.41) is 0. The number of hydrogen-bond acceptors (Lipinski definition) is 3. The first-order valence-electron chi connectivity index (χ1n) is 7.97. The third-order valence-electron chi connectivity index (χ3n) is 4.84. The SMILES string of the molecule is CCOC1CCC(C2CCC(OC(C)=O)CC2)CC1. The summed E-state index contributed by atoms with van der Waals surface area (Å²) in [5.74, 6) is 1.62. The first-order chi connectivity index (χ1) is 9.19. The van der Waals surface area contributed by atoms with E-state index in [0.717, 1.165) is 31.3 Å². The van der Waals surface area contributed by atoms with Gasteiger partial charge in [-0.05, 0) is 70.1 Å². The van der Waals surface area contributed by atoms with Gasteiger partial charge in [0.05, 0.1) is 6.10 Å². The molecule has 3 nitrogen and oxygen atoms in total. The van der Waals surface area contributed by atoms with E-state index in [4.69, 9.17) is 9.47 Å². The topological polar surface area (TPSA) is 35.5 Å². The molecule has 0 atom stereocenters. The van der Waals surface area contributed by atoms with Crippen LogP contribution in [0.25, 0.3) is 0 Å². The molecule has 0 amide bonds. The molecule has 0 spiro atoms. The highest BCUT2D eigenvalue weighted by molar-refractivity contribution is 5.66. The van der Waals surface area contributed by atoms with Gasteiger partial charge >= 0.3 is 5.97 Å². The Bertz CT molecular complexity index is 274. The van der Waals surface area contributed by atoms with Crippen molar-refractivity contribution in [1.29, 1.82) is 0 Å². The van der Waals surface area contributed by atoms with Gasteiger partial charge in [-0.15, -0.1) is 0 Å². The lowest BCUT2D eigenvalue weighted by Crippen LogP contribution is -2.31. The maximum atomic E-state index is 11.0. The van der Waals surface area contributed by atoms with Gasteiger partial charge in [0, 0.05) is 13.5 Å². The molecule has 0 radical (unpaired) electrons. The Hall–Kier alpha value is -0.570. The van der Waals surface area contributed by atoms with Crippen molar-refractivity contribution < 1.29 is 14.3 Å². The molecule has 0 N–H and O–H groups in total. The summed E-state index contributed by atoms with van der Waals surface area (Å²) in [6.45, 7) is 4.45. The Morgan fingerprint density at radius 2 is 1.37 bits per heavy atom. The molecule has 0 unspecified atom stereocenters. The zero-order valence-electron chi connectivity index (χ0n) is 12.4. The van der Waals surface area contributed by atoms with Crippen LogP contribution in [0.2, 0.25) is 0 Å². The maximum Gasteiger partial charge on any atom is 0.302 e. The molecule has 0 aliphatic heterocycles. The number of esters is 1. The minimum absolute atomic E-state index is 0.124. The zero-order valence-corrected chi connectivity index (χ0v) is 12.4. The third kappa shape index (κ3) is 4.48. The first-order valence-corrected chi connectivity index (χ1v) is 7.97. The van der Waals surface area contributed by atoms with E-state index in [2.05, 4.69) is 6.92 Å². The monoisotopic (exact) mass is 268 g/mol. The minimum atomic E-state index is -0.124. The highest BCUT2D eigenvalue weighted by Gasteiger charge is 2.31. The average molecular weight is 268 g/mol. The van der Waals surface area contributed by atoms with Crippen molar-refractivity contribution in [2.75, 3.05) is 6.61 Å². The summed E-state index contributed by atoms with van der Waals surface area (Å²) in [5.41, 5.74) is 0. The molecule has 2 aliphatic rings. The number of carbonyl (C=O) groups is 1. The Balaban J connectivity index is 1.69. The second-order valence-corrected chi connectivity index (χ2v) is 6.14. The summed E-state index contributed by atoms with van der Waals surface area (Å²) in [6.07, 6.45) is 10.4. The summed E-state index contributed by atoms with van der Waals surface area (Å²) in [6, 6.07) is 0. The van der Waals surface area contributed by atoms with Gasteiger partial charge in [0.2, 0.25) is 0 Å². The van der Waals surface area contributed by atoms with Crippen LogP contribution in [0.15, 0.2) is 0 Å². The zero-order chi connectivity index (χ0) is 13.7. The van der Waals surface area contributed by atoms with E-state index in [0.29, 0.717) is 6.10 Å². The van der Waals surface area contributed by atoms with Crippen LogP contribution in [-0.4, -0.2) is 24.8 Å². The maximum absolute atomic E-state index is 11.0. The first kappa shape index (κ1) is 14.8. The fraction of sp³-hybridized carbons (Fsp3) is 0.938. The molecule has 0 aromatic rings. The van der Waals surface area contributed by atoms with Crippen molar-refractivity contribution in [1.82, 2.24) is 0 Å². The summed E-state index contributed by atoms with van der Waals surface area (Å²) in [7, 11) is 0. The van der Waals surface area contributed by atoms with E-state index in [1.807, 2.05) is 0 Å². The van der Waals surface area contributed by atoms with Crippen molar-refractivity contribution in [2.45, 2.75) is 77.4 Å². The number of rotatable bonds is 4. The van der Waals surface area contributed by atoms with Crippen LogP contribution in [0.1, 0.15) is 65.2 Å². The van der Waals surface area contributed by atoms with E-state index in [9.17, 15) is 4.79 Å². The van der Waals surface area contributed by atoms with Crippen LogP contribution < -0.4 is 0 Å². The van der Waals surface area contributed by atoms with Gasteiger partial charge in [-0.3, -0.25) is 4.79 Å². The highest BCUT2D eigenvalue weighted by Crippen LogP contribution is 2.39. The summed E-state index contributed by atoms with van der Waals surface area (Å²) >= 11 is 0. The van der Waals surface area contributed by atoms with Crippen molar-refractivity contribution >= 4 is 5.97 Å². The Morgan fingerprint density at radius 1 is 0.895 bits per heavy atom. The second-order valence-electron chi connectivity index (χ2n) is 6.14. The Morgan fingerprint density at radius 3 is 1.79 bits per heavy atom. The predicted molar refractivity (Wildman–Crippen MR) is 74.9 cm³/mol. The lowest BCUT2D eigenvalue weighted by molar-refractivity contribution is -0.148. The van der Waals surface area contributed by atoms with Gasteiger partial charge in [0.1, 0.15) is 6.10 Å². The van der Waals surface area contributed by atoms with E-state index >= 15 is 0 Å². The molecule has 0 bridgehead atoms. The average Bonchev–Trinajstić information content (AvgIpc) is 2.40. The van der Waals surface area contributed by atoms with E-state index in [1.165, 1.54) is 45.4 Å². The van der Waals surface area contributed by atoms with Gasteiger partial charge in [-0.1, -0.05) is 0 Å². The quantitative estimate of drug-likeness (QED) is 0.729. The molecule has 0 aromatic carbocycles. The van der Waals surface area contributed by atoms with Crippen LogP contribution >= 0.6 is 0 Å². The van der Waals surface area contributed by atoms with Crippen molar-refractivity contribution in [3.8, 4) is 0 Å². The van der Waals surface area contributed by atoms with Crippen molar-refractivity contribution in [3.05, 3.63) is 0 Å². The molecule has 0 heterocycles. The minimum Gasteiger partial charge on any atom is -0.463 e. The number of ether oxygens (including phenoxy) is 2. The van der Waals surface area contributed by atoms with E-state index in [-0.39, 0.29) is 12.1 Å². The number of carbonyl (C=O) groups excluding carboxylic acids is 1. The summed E-state index contributed by atoms with van der Waals surface area (Å²) < 4.78 is 11.0. The fourth-order valence-electron chi connectivity index (χ4n) is 3.87. The molecule has 110 valence electrons. The smallest absolute Gasteiger partial charge is 0.302 e. The Kier molecular flexibility index (Phi) is 5.68. The van der Waals surface area contributed by atoms with Crippen molar-refractivity contribution in [2.24, 2.45) is 11.8 Å². The molecule has 2 fully saturated rings. The van der Waals surface area contributed by atoms with Gasteiger partial charge in [-0.25, -0.2) is 0 Å². The lowest BCUT2D eigenvalue weighted by Gasteiger charge is -2.37. The molecular weight excluding hydrogens is 240 g/mol. The van der Waals surface area contributed by atoms with Crippen LogP contribution in [0.5, 0.6) is 0 Å². The molecule has 19 heavy (non-hydrogen) atoms. The standard InChI is InChI=1S/C16H28O3/c1-3-18-15-8-4-13(5-9-15)14-6-10-16(11-7-14)19-12(2)17/h13-16H,3-11H2,1-2H3. The third-order valence-corrected chi connectivity index (χ3v) is 4.84. The normalized spacial score (nSPS) is 35.9. The fourth-order valence-corrected chi connectivity index (χ4v) is 3.87. The Labute approximate surface area is 117 Å². The molecule has 2 rings (SSSR count). The number of hydrogen-bond donors (Lipinski definition) is 0. The van der Waals surface area contributed by atoms with Gasteiger partial charge < -0.3 is 9.47 Å². The molecule has 2 aliphatic carbocycles. The second kappa shape index (κ2) is 7.28. The largest absolute Gasteiger partial charge is 0.463 e. The summed E-state index contributed by atoms with van der Waals surface area (Å²) in [4.78, 5) is 11.0. The van der Waals surface area contributed by atoms with Gasteiger partial charge in [0.15, 0.2) is 0 Å². The van der Waals surface area contributed by atoms with Crippen LogP contribution in [-0.2, 0) is 14.3 Å². The van der Waals surface area contributed by atoms with E-state index < -0.39 is 0 Å². The molecule has 0 aromatic heterocycles. The lowest BCUT2D eigenvalue weighted by atomic mass is 9.72. The molecule has 0 saturated heterocycles. The molecular formula is C16H28O3. The predicted octanol–water partition coefficient (Wildman–Crippen LogP) is 3.70. The van der Waals surface area contributed by atoms with E-state index in [1.54, 1.807) is 0 Å². The van der Waals surface area contributed by atoms with Crippen LogP contribution in [0.4, 0.5) is 0 Å². The van der Waals surface area contributed by atoms with Crippen LogP contribution in [0.3, 0.4) is 0 Å².